The third kappa shape index (κ3) is 2.14. The van der Waals surface area contributed by atoms with Gasteiger partial charge in [0.25, 0.3) is 0 Å². The van der Waals surface area contributed by atoms with Gasteiger partial charge in [-0.3, -0.25) is 0 Å². The molecule has 1 aromatic rings. The van der Waals surface area contributed by atoms with Crippen LogP contribution in [0.4, 0.5) is 5.69 Å². The molecule has 3 N–H and O–H groups in total. The second kappa shape index (κ2) is 4.17. The maximum Gasteiger partial charge on any atom is 0.138 e. The standard InChI is InChI=1S/C11H17NO/c1-3-4-5-9-8(2)6-7-10(13)11(9)12/h6-7,13H,3-5,12H2,1-2H3. The summed E-state index contributed by atoms with van der Waals surface area (Å²) in [5.74, 6) is 0.205. The van der Waals surface area contributed by atoms with E-state index in [1.165, 1.54) is 5.56 Å². The second-order valence-electron chi connectivity index (χ2n) is 3.40. The van der Waals surface area contributed by atoms with Gasteiger partial charge in [0.05, 0.1) is 5.69 Å². The Hall–Kier alpha value is -1.18. The van der Waals surface area contributed by atoms with E-state index < -0.39 is 0 Å². The maximum absolute atomic E-state index is 9.40. The van der Waals surface area contributed by atoms with E-state index in [0.29, 0.717) is 5.69 Å². The van der Waals surface area contributed by atoms with Gasteiger partial charge in [-0.15, -0.1) is 0 Å². The predicted molar refractivity (Wildman–Crippen MR) is 55.9 cm³/mol. The molecule has 0 aliphatic heterocycles. The molecule has 2 heteroatoms. The van der Waals surface area contributed by atoms with E-state index in [1.54, 1.807) is 6.07 Å². The minimum atomic E-state index is 0.205. The van der Waals surface area contributed by atoms with E-state index in [0.717, 1.165) is 24.8 Å². The average molecular weight is 179 g/mol. The van der Waals surface area contributed by atoms with Gasteiger partial charge < -0.3 is 10.8 Å². The maximum atomic E-state index is 9.40. The number of nitrogens with two attached hydrogens (primary N) is 1. The lowest BCUT2D eigenvalue weighted by Gasteiger charge is -2.09. The number of nitrogen functional groups attached to an aromatic ring is 1. The largest absolute Gasteiger partial charge is 0.506 e. The number of benzene rings is 1. The van der Waals surface area contributed by atoms with Crippen molar-refractivity contribution >= 4 is 5.69 Å². The van der Waals surface area contributed by atoms with Gasteiger partial charge in [-0.1, -0.05) is 19.4 Å². The molecule has 0 aliphatic rings. The highest BCUT2D eigenvalue weighted by Gasteiger charge is 2.06. The molecule has 1 rings (SSSR count). The number of aromatic hydroxyl groups is 1. The summed E-state index contributed by atoms with van der Waals surface area (Å²) in [5, 5.41) is 9.40. The van der Waals surface area contributed by atoms with E-state index >= 15 is 0 Å². The molecule has 0 aromatic heterocycles. The normalized spacial score (nSPS) is 10.3. The third-order valence-electron chi connectivity index (χ3n) is 2.35. The minimum absolute atomic E-state index is 0.205. The zero-order chi connectivity index (χ0) is 9.84. The quantitative estimate of drug-likeness (QED) is 0.553. The molecule has 0 unspecified atom stereocenters. The Morgan fingerprint density at radius 3 is 2.69 bits per heavy atom. The fraction of sp³-hybridized carbons (Fsp3) is 0.455. The van der Waals surface area contributed by atoms with E-state index in [2.05, 4.69) is 6.92 Å². The van der Waals surface area contributed by atoms with Crippen molar-refractivity contribution in [2.24, 2.45) is 0 Å². The fourth-order valence-electron chi connectivity index (χ4n) is 1.45. The van der Waals surface area contributed by atoms with E-state index in [9.17, 15) is 5.11 Å². The van der Waals surface area contributed by atoms with Gasteiger partial charge in [0.15, 0.2) is 0 Å². The lowest BCUT2D eigenvalue weighted by molar-refractivity contribution is 0.477. The van der Waals surface area contributed by atoms with Gasteiger partial charge in [0, 0.05) is 0 Å². The van der Waals surface area contributed by atoms with Crippen LogP contribution in [0.15, 0.2) is 12.1 Å². The molecule has 0 fully saturated rings. The minimum Gasteiger partial charge on any atom is -0.506 e. The molecule has 0 aliphatic carbocycles. The lowest BCUT2D eigenvalue weighted by atomic mass is 10.0. The Morgan fingerprint density at radius 2 is 2.08 bits per heavy atom. The van der Waals surface area contributed by atoms with Crippen LogP contribution in [0.1, 0.15) is 30.9 Å². The van der Waals surface area contributed by atoms with Crippen LogP contribution in [0.5, 0.6) is 5.75 Å². The Morgan fingerprint density at radius 1 is 1.38 bits per heavy atom. The summed E-state index contributed by atoms with van der Waals surface area (Å²) in [6.45, 7) is 4.18. The number of anilines is 1. The van der Waals surface area contributed by atoms with Crippen molar-refractivity contribution in [1.29, 1.82) is 0 Å². The van der Waals surface area contributed by atoms with Crippen molar-refractivity contribution in [3.63, 3.8) is 0 Å². The number of unbranched alkanes of at least 4 members (excludes halogenated alkanes) is 1. The van der Waals surface area contributed by atoms with Gasteiger partial charge in [-0.25, -0.2) is 0 Å². The average Bonchev–Trinajstić information content (AvgIpc) is 2.12. The number of phenols is 1. The molecule has 2 nitrogen and oxygen atoms in total. The van der Waals surface area contributed by atoms with Crippen molar-refractivity contribution in [2.75, 3.05) is 5.73 Å². The van der Waals surface area contributed by atoms with Crippen LogP contribution in [0.25, 0.3) is 0 Å². The van der Waals surface area contributed by atoms with E-state index in [-0.39, 0.29) is 5.75 Å². The molecular weight excluding hydrogens is 162 g/mol. The molecule has 0 saturated heterocycles. The first-order valence-electron chi connectivity index (χ1n) is 4.73. The number of aryl methyl sites for hydroxylation is 1. The van der Waals surface area contributed by atoms with Gasteiger partial charge in [0.2, 0.25) is 0 Å². The van der Waals surface area contributed by atoms with Crippen LogP contribution in [0.2, 0.25) is 0 Å². The second-order valence-corrected chi connectivity index (χ2v) is 3.40. The van der Waals surface area contributed by atoms with Crippen LogP contribution < -0.4 is 5.73 Å². The molecule has 0 amide bonds. The number of rotatable bonds is 3. The topological polar surface area (TPSA) is 46.2 Å². The summed E-state index contributed by atoms with van der Waals surface area (Å²) >= 11 is 0. The fourth-order valence-corrected chi connectivity index (χ4v) is 1.45. The van der Waals surface area contributed by atoms with Crippen LogP contribution in [0.3, 0.4) is 0 Å². The summed E-state index contributed by atoms with van der Waals surface area (Å²) in [4.78, 5) is 0. The molecule has 0 radical (unpaired) electrons. The summed E-state index contributed by atoms with van der Waals surface area (Å²) in [5.41, 5.74) is 8.59. The molecule has 1 aromatic carbocycles. The van der Waals surface area contributed by atoms with Crippen LogP contribution >= 0.6 is 0 Å². The molecular formula is C11H17NO. The van der Waals surface area contributed by atoms with Gasteiger partial charge >= 0.3 is 0 Å². The number of hydrogen-bond acceptors (Lipinski definition) is 2. The Labute approximate surface area is 79.4 Å². The van der Waals surface area contributed by atoms with Crippen molar-refractivity contribution in [1.82, 2.24) is 0 Å². The summed E-state index contributed by atoms with van der Waals surface area (Å²) in [7, 11) is 0. The first-order chi connectivity index (χ1) is 6.16. The number of hydrogen-bond donors (Lipinski definition) is 2. The number of phenolic OH excluding ortho intramolecular Hbond substituents is 1. The van der Waals surface area contributed by atoms with Crippen molar-refractivity contribution in [3.8, 4) is 5.75 Å². The van der Waals surface area contributed by atoms with Crippen molar-refractivity contribution < 1.29 is 5.11 Å². The first kappa shape index (κ1) is 9.90. The predicted octanol–water partition coefficient (Wildman–Crippen LogP) is 2.63. The van der Waals surface area contributed by atoms with Crippen LogP contribution in [-0.2, 0) is 6.42 Å². The third-order valence-corrected chi connectivity index (χ3v) is 2.35. The molecule has 0 spiro atoms. The molecule has 0 heterocycles. The van der Waals surface area contributed by atoms with Crippen molar-refractivity contribution in [2.45, 2.75) is 33.1 Å². The zero-order valence-corrected chi connectivity index (χ0v) is 8.30. The van der Waals surface area contributed by atoms with Gasteiger partial charge in [0.1, 0.15) is 5.75 Å². The van der Waals surface area contributed by atoms with Crippen LogP contribution in [-0.4, -0.2) is 5.11 Å². The summed E-state index contributed by atoms with van der Waals surface area (Å²) in [6, 6.07) is 3.57. The molecule has 0 bridgehead atoms. The molecule has 0 atom stereocenters. The highest BCUT2D eigenvalue weighted by molar-refractivity contribution is 5.60. The first-order valence-corrected chi connectivity index (χ1v) is 4.73. The summed E-state index contributed by atoms with van der Waals surface area (Å²) < 4.78 is 0. The highest BCUT2D eigenvalue weighted by atomic mass is 16.3. The van der Waals surface area contributed by atoms with E-state index in [1.807, 2.05) is 13.0 Å². The molecule has 72 valence electrons. The lowest BCUT2D eigenvalue weighted by Crippen LogP contribution is -1.97. The SMILES string of the molecule is CCCCc1c(C)ccc(O)c1N. The van der Waals surface area contributed by atoms with Crippen molar-refractivity contribution in [3.05, 3.63) is 23.3 Å². The summed E-state index contributed by atoms with van der Waals surface area (Å²) in [6.07, 6.45) is 3.23. The zero-order valence-electron chi connectivity index (χ0n) is 8.30. The smallest absolute Gasteiger partial charge is 0.138 e. The Bertz CT molecular complexity index is 294. The Balaban J connectivity index is 2.96. The van der Waals surface area contributed by atoms with Gasteiger partial charge in [-0.2, -0.15) is 0 Å². The van der Waals surface area contributed by atoms with E-state index in [4.69, 9.17) is 5.73 Å². The molecule has 13 heavy (non-hydrogen) atoms. The Kier molecular flexibility index (Phi) is 3.18. The monoisotopic (exact) mass is 179 g/mol. The van der Waals surface area contributed by atoms with Gasteiger partial charge in [-0.05, 0) is 37.0 Å². The van der Waals surface area contributed by atoms with Crippen LogP contribution in [0, 0.1) is 6.92 Å². The highest BCUT2D eigenvalue weighted by Crippen LogP contribution is 2.27. The molecule has 0 saturated carbocycles.